The average molecular weight is 389 g/mol. The second-order valence-corrected chi connectivity index (χ2v) is 7.53. The molecule has 1 amide bonds. The summed E-state index contributed by atoms with van der Waals surface area (Å²) in [5, 5.41) is 5.26. The Morgan fingerprint density at radius 2 is 2.15 bits per heavy atom. The Bertz CT molecular complexity index is 1080. The number of aryl methyl sites for hydroxylation is 2. The number of fused-ring (bicyclic) bond motifs is 1. The van der Waals surface area contributed by atoms with Crippen LogP contribution in [0.1, 0.15) is 28.8 Å². The third-order valence-corrected chi connectivity index (χ3v) is 5.34. The zero-order chi connectivity index (χ0) is 18.8. The molecule has 3 aromatic rings. The number of nitrogens with zero attached hydrogens (tertiary/aromatic N) is 2. The van der Waals surface area contributed by atoms with E-state index in [9.17, 15) is 9.59 Å². The first kappa shape index (κ1) is 18.3. The number of carbonyl (C=O) groups excluding carboxylic acids is 1. The third kappa shape index (κ3) is 3.84. The summed E-state index contributed by atoms with van der Waals surface area (Å²) in [5.41, 5.74) is 4.63. The highest BCUT2D eigenvalue weighted by Gasteiger charge is 2.13. The number of amides is 1. The van der Waals surface area contributed by atoms with Gasteiger partial charge in [-0.25, -0.2) is 10.4 Å². The van der Waals surface area contributed by atoms with E-state index >= 15 is 0 Å². The molecule has 1 aromatic carbocycles. The first-order valence-electron chi connectivity index (χ1n) is 7.93. The van der Waals surface area contributed by atoms with Crippen LogP contribution in [0, 0.1) is 13.8 Å². The molecule has 3 rings (SSSR count). The van der Waals surface area contributed by atoms with E-state index in [0.29, 0.717) is 26.8 Å². The lowest BCUT2D eigenvalue weighted by molar-refractivity contribution is -0.120. The van der Waals surface area contributed by atoms with Crippen molar-refractivity contribution in [1.29, 1.82) is 0 Å². The largest absolute Gasteiger partial charge is 0.309 e. The molecule has 0 fully saturated rings. The lowest BCUT2D eigenvalue weighted by atomic mass is 10.1. The molecule has 0 aliphatic carbocycles. The highest BCUT2D eigenvalue weighted by Crippen LogP contribution is 2.25. The Balaban J connectivity index is 1.75. The van der Waals surface area contributed by atoms with E-state index in [1.165, 1.54) is 11.3 Å². The second kappa shape index (κ2) is 7.39. The Kier molecular flexibility index (Phi) is 5.20. The Labute approximate surface area is 158 Å². The van der Waals surface area contributed by atoms with Crippen LogP contribution >= 0.6 is 22.9 Å². The fraction of sp³-hybridized carbons (Fsp3) is 0.222. The summed E-state index contributed by atoms with van der Waals surface area (Å²) in [6, 6.07) is 7.20. The van der Waals surface area contributed by atoms with Gasteiger partial charge in [-0.05, 0) is 44.0 Å². The molecule has 2 aromatic heterocycles. The lowest BCUT2D eigenvalue weighted by Crippen LogP contribution is -2.24. The number of halogens is 1. The summed E-state index contributed by atoms with van der Waals surface area (Å²) in [5.74, 6) is -0.0456. The van der Waals surface area contributed by atoms with E-state index in [0.717, 1.165) is 16.0 Å². The van der Waals surface area contributed by atoms with Gasteiger partial charge < -0.3 is 4.98 Å². The highest BCUT2D eigenvalue weighted by molar-refractivity contribution is 7.18. The molecule has 0 atom stereocenters. The van der Waals surface area contributed by atoms with Gasteiger partial charge in [0.1, 0.15) is 10.7 Å². The van der Waals surface area contributed by atoms with Gasteiger partial charge in [-0.2, -0.15) is 5.10 Å². The van der Waals surface area contributed by atoms with E-state index < -0.39 is 0 Å². The molecule has 8 heteroatoms. The molecule has 6 nitrogen and oxygen atoms in total. The molecular formula is C18H17ClN4O2S. The maximum atomic E-state index is 12.2. The normalized spacial score (nSPS) is 11.8. The fourth-order valence-electron chi connectivity index (χ4n) is 2.50. The average Bonchev–Trinajstić information content (AvgIpc) is 2.87. The third-order valence-electron chi connectivity index (χ3n) is 4.01. The molecule has 0 unspecified atom stereocenters. The van der Waals surface area contributed by atoms with Crippen molar-refractivity contribution in [3.8, 4) is 0 Å². The number of hydrogen-bond donors (Lipinski definition) is 2. The van der Waals surface area contributed by atoms with Crippen molar-refractivity contribution in [2.75, 3.05) is 0 Å². The molecule has 26 heavy (non-hydrogen) atoms. The standard InChI is InChI=1S/C18H17ClN4O2S/c1-9-11(3)26-18-16(9)17(25)20-14(21-18)8-15(24)23-22-10(2)12-5-4-6-13(19)7-12/h4-7H,8H2,1-3H3,(H,23,24)(H,20,21,25)/b22-10-. The molecule has 134 valence electrons. The van der Waals surface area contributed by atoms with Gasteiger partial charge in [0.2, 0.25) is 5.91 Å². The Morgan fingerprint density at radius 1 is 1.38 bits per heavy atom. The van der Waals surface area contributed by atoms with E-state index in [4.69, 9.17) is 11.6 Å². The van der Waals surface area contributed by atoms with Gasteiger partial charge >= 0.3 is 0 Å². The van der Waals surface area contributed by atoms with Crippen molar-refractivity contribution >= 4 is 44.8 Å². The number of thiophene rings is 1. The second-order valence-electron chi connectivity index (χ2n) is 5.90. The molecule has 0 bridgehead atoms. The zero-order valence-electron chi connectivity index (χ0n) is 14.5. The molecular weight excluding hydrogens is 372 g/mol. The number of rotatable bonds is 4. The van der Waals surface area contributed by atoms with Crippen LogP contribution in [0.4, 0.5) is 0 Å². The van der Waals surface area contributed by atoms with Crippen LogP contribution < -0.4 is 11.0 Å². The fourth-order valence-corrected chi connectivity index (χ4v) is 3.74. The highest BCUT2D eigenvalue weighted by atomic mass is 35.5. The van der Waals surface area contributed by atoms with Crippen molar-refractivity contribution in [1.82, 2.24) is 15.4 Å². The Hall–Kier alpha value is -2.51. The van der Waals surface area contributed by atoms with Crippen molar-refractivity contribution in [2.24, 2.45) is 5.10 Å². The maximum absolute atomic E-state index is 12.2. The molecule has 0 saturated carbocycles. The smallest absolute Gasteiger partial charge is 0.259 e. The number of aromatic amines is 1. The van der Waals surface area contributed by atoms with Gasteiger partial charge in [0.25, 0.3) is 5.56 Å². The summed E-state index contributed by atoms with van der Waals surface area (Å²) in [7, 11) is 0. The van der Waals surface area contributed by atoms with Gasteiger partial charge in [0.15, 0.2) is 0 Å². The predicted octanol–water partition coefficient (Wildman–Crippen LogP) is 3.34. The van der Waals surface area contributed by atoms with E-state index in [2.05, 4.69) is 20.5 Å². The number of hydrogen-bond acceptors (Lipinski definition) is 5. The van der Waals surface area contributed by atoms with Crippen LogP contribution in [-0.4, -0.2) is 21.6 Å². The van der Waals surface area contributed by atoms with Gasteiger partial charge in [-0.15, -0.1) is 11.3 Å². The van der Waals surface area contributed by atoms with E-state index in [-0.39, 0.29) is 17.9 Å². The Morgan fingerprint density at radius 3 is 2.88 bits per heavy atom. The molecule has 0 radical (unpaired) electrons. The van der Waals surface area contributed by atoms with Crippen LogP contribution in [0.15, 0.2) is 34.2 Å². The quantitative estimate of drug-likeness (QED) is 0.530. The summed E-state index contributed by atoms with van der Waals surface area (Å²) in [6.07, 6.45) is -0.0620. The molecule has 0 saturated heterocycles. The molecule has 0 aliphatic rings. The van der Waals surface area contributed by atoms with E-state index in [1.807, 2.05) is 26.0 Å². The predicted molar refractivity (Wildman–Crippen MR) is 105 cm³/mol. The van der Waals surface area contributed by atoms with Crippen LogP contribution in [0.5, 0.6) is 0 Å². The molecule has 2 N–H and O–H groups in total. The van der Waals surface area contributed by atoms with Crippen LogP contribution in [0.25, 0.3) is 10.2 Å². The topological polar surface area (TPSA) is 87.2 Å². The zero-order valence-corrected chi connectivity index (χ0v) is 16.1. The van der Waals surface area contributed by atoms with Crippen molar-refractivity contribution in [3.05, 3.63) is 61.5 Å². The number of nitrogens with one attached hydrogen (secondary N) is 2. The SMILES string of the molecule is C/C(=N/NC(=O)Cc1nc2sc(C)c(C)c2c(=O)[nH]1)c1cccc(Cl)c1. The number of benzene rings is 1. The van der Waals surface area contributed by atoms with Crippen molar-refractivity contribution in [3.63, 3.8) is 0 Å². The summed E-state index contributed by atoms with van der Waals surface area (Å²) < 4.78 is 0. The summed E-state index contributed by atoms with van der Waals surface area (Å²) in [4.78, 5) is 33.1. The van der Waals surface area contributed by atoms with E-state index in [1.54, 1.807) is 19.1 Å². The number of aromatic nitrogens is 2. The molecule has 0 aliphatic heterocycles. The van der Waals surface area contributed by atoms with Crippen LogP contribution in [0.3, 0.4) is 0 Å². The minimum atomic E-state index is -0.362. The minimum Gasteiger partial charge on any atom is -0.309 e. The lowest BCUT2D eigenvalue weighted by Gasteiger charge is -2.04. The van der Waals surface area contributed by atoms with Crippen molar-refractivity contribution in [2.45, 2.75) is 27.2 Å². The van der Waals surface area contributed by atoms with Gasteiger partial charge in [0.05, 0.1) is 17.5 Å². The first-order chi connectivity index (χ1) is 12.3. The molecule has 2 heterocycles. The molecule has 0 spiro atoms. The monoisotopic (exact) mass is 388 g/mol. The number of carbonyl (C=O) groups is 1. The maximum Gasteiger partial charge on any atom is 0.259 e. The minimum absolute atomic E-state index is 0.0620. The number of hydrazone groups is 1. The van der Waals surface area contributed by atoms with Gasteiger partial charge in [-0.3, -0.25) is 9.59 Å². The summed E-state index contributed by atoms with van der Waals surface area (Å²) in [6.45, 7) is 5.61. The van der Waals surface area contributed by atoms with Gasteiger partial charge in [-0.1, -0.05) is 23.7 Å². The van der Waals surface area contributed by atoms with Crippen LogP contribution in [0.2, 0.25) is 5.02 Å². The first-order valence-corrected chi connectivity index (χ1v) is 9.12. The van der Waals surface area contributed by atoms with Crippen LogP contribution in [-0.2, 0) is 11.2 Å². The van der Waals surface area contributed by atoms with Gasteiger partial charge in [0, 0.05) is 9.90 Å². The summed E-state index contributed by atoms with van der Waals surface area (Å²) >= 11 is 7.40. The number of H-pyrrole nitrogens is 1. The van der Waals surface area contributed by atoms with Crippen molar-refractivity contribution < 1.29 is 4.79 Å².